The highest BCUT2D eigenvalue weighted by atomic mass is 32.2. The quantitative estimate of drug-likeness (QED) is 0.517. The van der Waals surface area contributed by atoms with Gasteiger partial charge in [0.1, 0.15) is 5.82 Å². The summed E-state index contributed by atoms with van der Waals surface area (Å²) < 4.78 is 12.6. The number of hydrogen-bond donors (Lipinski definition) is 3. The van der Waals surface area contributed by atoms with Gasteiger partial charge in [0.25, 0.3) is 0 Å². The number of nitrogen functional groups attached to an aromatic ring is 1. The van der Waals surface area contributed by atoms with Gasteiger partial charge in [-0.25, -0.2) is 4.39 Å². The Balaban J connectivity index is 2.59. The molecule has 78 valence electrons. The van der Waals surface area contributed by atoms with Crippen molar-refractivity contribution in [2.75, 3.05) is 18.1 Å². The largest absolute Gasteiger partial charge is 0.398 e. The number of benzene rings is 1. The van der Waals surface area contributed by atoms with Gasteiger partial charge in [0.2, 0.25) is 0 Å². The molecule has 0 amide bonds. The fourth-order valence-corrected chi connectivity index (χ4v) is 1.76. The minimum Gasteiger partial charge on any atom is -0.398 e. The fourth-order valence-electron chi connectivity index (χ4n) is 0.889. The van der Waals surface area contributed by atoms with Gasteiger partial charge in [0.05, 0.1) is 12.7 Å². The Hall–Kier alpha value is -0.780. The molecule has 0 saturated carbocycles. The molecule has 0 fully saturated rings. The smallest absolute Gasteiger partial charge is 0.125 e. The second kappa shape index (κ2) is 5.19. The minimum absolute atomic E-state index is 0.284. The zero-order valence-corrected chi connectivity index (χ0v) is 8.30. The Morgan fingerprint density at radius 2 is 2.21 bits per heavy atom. The van der Waals surface area contributed by atoms with E-state index in [4.69, 9.17) is 15.9 Å². The molecule has 1 atom stereocenters. The summed E-state index contributed by atoms with van der Waals surface area (Å²) in [5, 5.41) is 17.7. The number of anilines is 1. The molecular weight excluding hydrogens is 205 g/mol. The molecule has 0 saturated heterocycles. The third-order valence-corrected chi connectivity index (χ3v) is 2.85. The Morgan fingerprint density at radius 3 is 2.79 bits per heavy atom. The predicted molar refractivity (Wildman–Crippen MR) is 54.6 cm³/mol. The highest BCUT2D eigenvalue weighted by Gasteiger charge is 2.05. The second-order valence-electron chi connectivity index (χ2n) is 2.83. The van der Waals surface area contributed by atoms with Crippen LogP contribution in [0.15, 0.2) is 23.1 Å². The van der Waals surface area contributed by atoms with Crippen LogP contribution in [0.2, 0.25) is 0 Å². The van der Waals surface area contributed by atoms with Crippen LogP contribution in [0.3, 0.4) is 0 Å². The van der Waals surface area contributed by atoms with Crippen molar-refractivity contribution < 1.29 is 14.6 Å². The van der Waals surface area contributed by atoms with Crippen LogP contribution in [0, 0.1) is 5.82 Å². The molecule has 0 bridgehead atoms. The van der Waals surface area contributed by atoms with Gasteiger partial charge < -0.3 is 15.9 Å². The van der Waals surface area contributed by atoms with Crippen molar-refractivity contribution in [3.8, 4) is 0 Å². The van der Waals surface area contributed by atoms with Crippen LogP contribution >= 0.6 is 11.8 Å². The highest BCUT2D eigenvalue weighted by molar-refractivity contribution is 7.99. The summed E-state index contributed by atoms with van der Waals surface area (Å²) in [6, 6.07) is 4.09. The van der Waals surface area contributed by atoms with Crippen molar-refractivity contribution in [2.24, 2.45) is 0 Å². The number of thioether (sulfide) groups is 1. The van der Waals surface area contributed by atoms with E-state index >= 15 is 0 Å². The molecule has 0 spiro atoms. The maximum absolute atomic E-state index is 12.6. The summed E-state index contributed by atoms with van der Waals surface area (Å²) in [5.41, 5.74) is 5.89. The number of nitrogens with two attached hydrogens (primary N) is 1. The molecule has 5 heteroatoms. The van der Waals surface area contributed by atoms with Crippen molar-refractivity contribution in [1.29, 1.82) is 0 Å². The standard InChI is InChI=1S/C9H12FNO2S/c10-6-1-2-9(8(11)3-6)14-5-7(13)4-12/h1-3,7,12-13H,4-5,11H2. The molecule has 1 rings (SSSR count). The molecule has 1 aromatic rings. The van der Waals surface area contributed by atoms with E-state index in [1.165, 1.54) is 23.9 Å². The zero-order chi connectivity index (χ0) is 10.6. The predicted octanol–water partition coefficient (Wildman–Crippen LogP) is 0.853. The number of rotatable bonds is 4. The van der Waals surface area contributed by atoms with Crippen molar-refractivity contribution in [3.63, 3.8) is 0 Å². The minimum atomic E-state index is -0.774. The van der Waals surface area contributed by atoms with Gasteiger partial charge >= 0.3 is 0 Å². The highest BCUT2D eigenvalue weighted by Crippen LogP contribution is 2.25. The van der Waals surface area contributed by atoms with Crippen LogP contribution in [-0.4, -0.2) is 28.7 Å². The Bertz CT molecular complexity index is 309. The summed E-state index contributed by atoms with van der Waals surface area (Å²) in [6.07, 6.45) is -0.774. The molecule has 1 unspecified atom stereocenters. The first-order valence-electron chi connectivity index (χ1n) is 4.10. The Labute approximate surface area is 85.7 Å². The van der Waals surface area contributed by atoms with E-state index in [2.05, 4.69) is 0 Å². The van der Waals surface area contributed by atoms with Gasteiger partial charge in [-0.05, 0) is 18.2 Å². The van der Waals surface area contributed by atoms with E-state index in [1.807, 2.05) is 0 Å². The molecule has 14 heavy (non-hydrogen) atoms. The lowest BCUT2D eigenvalue weighted by molar-refractivity contribution is 0.113. The average molecular weight is 217 g/mol. The van der Waals surface area contributed by atoms with Crippen LogP contribution in [0.5, 0.6) is 0 Å². The summed E-state index contributed by atoms with van der Waals surface area (Å²) in [5.74, 6) is -0.0404. The van der Waals surface area contributed by atoms with Crippen molar-refractivity contribution in [2.45, 2.75) is 11.0 Å². The molecule has 3 nitrogen and oxygen atoms in total. The summed E-state index contributed by atoms with van der Waals surface area (Å²) in [4.78, 5) is 0.707. The maximum Gasteiger partial charge on any atom is 0.125 e. The summed E-state index contributed by atoms with van der Waals surface area (Å²) >= 11 is 1.29. The Morgan fingerprint density at radius 1 is 1.50 bits per heavy atom. The van der Waals surface area contributed by atoms with Crippen LogP contribution in [-0.2, 0) is 0 Å². The van der Waals surface area contributed by atoms with E-state index in [1.54, 1.807) is 6.07 Å². The molecule has 0 aromatic heterocycles. The first kappa shape index (κ1) is 11.3. The van der Waals surface area contributed by atoms with Crippen LogP contribution in [0.25, 0.3) is 0 Å². The van der Waals surface area contributed by atoms with E-state index in [-0.39, 0.29) is 12.4 Å². The zero-order valence-electron chi connectivity index (χ0n) is 7.48. The lowest BCUT2D eigenvalue weighted by Crippen LogP contribution is -2.14. The van der Waals surface area contributed by atoms with Crippen LogP contribution < -0.4 is 5.73 Å². The molecule has 0 aliphatic rings. The number of aliphatic hydroxyl groups is 2. The lowest BCUT2D eigenvalue weighted by Gasteiger charge is -2.08. The maximum atomic E-state index is 12.6. The summed E-state index contributed by atoms with van der Waals surface area (Å²) in [7, 11) is 0. The second-order valence-corrected chi connectivity index (χ2v) is 3.89. The molecule has 0 heterocycles. The average Bonchev–Trinajstić information content (AvgIpc) is 2.16. The van der Waals surface area contributed by atoms with Crippen LogP contribution in [0.1, 0.15) is 0 Å². The number of halogens is 1. The number of hydrogen-bond acceptors (Lipinski definition) is 4. The molecular formula is C9H12FNO2S. The van der Waals surface area contributed by atoms with E-state index in [0.29, 0.717) is 16.3 Å². The SMILES string of the molecule is Nc1cc(F)ccc1SCC(O)CO. The molecule has 0 aliphatic heterocycles. The van der Waals surface area contributed by atoms with Crippen molar-refractivity contribution >= 4 is 17.4 Å². The van der Waals surface area contributed by atoms with Gasteiger partial charge in [-0.3, -0.25) is 0 Å². The first-order chi connectivity index (χ1) is 6.63. The van der Waals surface area contributed by atoms with Gasteiger partial charge in [-0.15, -0.1) is 11.8 Å². The van der Waals surface area contributed by atoms with Gasteiger partial charge in [0.15, 0.2) is 0 Å². The Kier molecular flexibility index (Phi) is 4.19. The third-order valence-electron chi connectivity index (χ3n) is 1.61. The topological polar surface area (TPSA) is 66.5 Å². The van der Waals surface area contributed by atoms with E-state index in [0.717, 1.165) is 0 Å². The molecule has 1 aromatic carbocycles. The lowest BCUT2D eigenvalue weighted by atomic mass is 10.3. The van der Waals surface area contributed by atoms with Gasteiger partial charge in [0, 0.05) is 16.3 Å². The van der Waals surface area contributed by atoms with Crippen molar-refractivity contribution in [3.05, 3.63) is 24.0 Å². The van der Waals surface area contributed by atoms with Gasteiger partial charge in [-0.1, -0.05) is 0 Å². The molecule has 0 aliphatic carbocycles. The van der Waals surface area contributed by atoms with E-state index < -0.39 is 6.10 Å². The third kappa shape index (κ3) is 3.17. The first-order valence-corrected chi connectivity index (χ1v) is 5.09. The molecule has 0 radical (unpaired) electrons. The van der Waals surface area contributed by atoms with Crippen molar-refractivity contribution in [1.82, 2.24) is 0 Å². The monoisotopic (exact) mass is 217 g/mol. The van der Waals surface area contributed by atoms with Crippen LogP contribution in [0.4, 0.5) is 10.1 Å². The normalized spacial score (nSPS) is 12.8. The molecule has 4 N–H and O–H groups in total. The number of aliphatic hydroxyl groups excluding tert-OH is 2. The fraction of sp³-hybridized carbons (Fsp3) is 0.333. The summed E-state index contributed by atoms with van der Waals surface area (Å²) in [6.45, 7) is -0.284. The van der Waals surface area contributed by atoms with Gasteiger partial charge in [-0.2, -0.15) is 0 Å². The van der Waals surface area contributed by atoms with E-state index in [9.17, 15) is 4.39 Å².